The summed E-state index contributed by atoms with van der Waals surface area (Å²) in [5.41, 5.74) is 0.832. The molecule has 0 aliphatic carbocycles. The molecule has 4 amide bonds. The van der Waals surface area contributed by atoms with E-state index in [9.17, 15) is 14.4 Å². The third kappa shape index (κ3) is 3.35. The smallest absolute Gasteiger partial charge is 0.326 e. The van der Waals surface area contributed by atoms with Gasteiger partial charge in [0.2, 0.25) is 5.91 Å². The second-order valence-corrected chi connectivity index (χ2v) is 6.13. The predicted molar refractivity (Wildman–Crippen MR) is 81.4 cm³/mol. The molecular formula is C15H22N4O4. The van der Waals surface area contributed by atoms with Crippen LogP contribution in [0.25, 0.3) is 0 Å². The van der Waals surface area contributed by atoms with Crippen molar-refractivity contribution in [1.82, 2.24) is 19.9 Å². The Morgan fingerprint density at radius 3 is 2.52 bits per heavy atom. The number of rotatable bonds is 5. The molecule has 0 saturated carbocycles. The van der Waals surface area contributed by atoms with E-state index in [1.807, 2.05) is 19.9 Å². The highest BCUT2D eigenvalue weighted by molar-refractivity contribution is 6.05. The number of carbonyl (C=O) groups excluding carboxylic acids is 3. The molecule has 0 aromatic carbocycles. The number of carbonyl (C=O) groups is 3. The van der Waals surface area contributed by atoms with E-state index in [0.29, 0.717) is 5.76 Å². The van der Waals surface area contributed by atoms with Crippen LogP contribution in [0.15, 0.2) is 10.6 Å². The van der Waals surface area contributed by atoms with Gasteiger partial charge in [0, 0.05) is 27.2 Å². The van der Waals surface area contributed by atoms with E-state index in [1.54, 1.807) is 7.05 Å². The van der Waals surface area contributed by atoms with Crippen molar-refractivity contribution in [2.45, 2.75) is 38.8 Å². The SMILES string of the molecule is CC(C)c1cc(CN(C)C(=O)C[C@H]2C(=O)N(C)C(=O)N2C)on1. The van der Waals surface area contributed by atoms with E-state index in [4.69, 9.17) is 4.52 Å². The minimum absolute atomic E-state index is 0.0485. The lowest BCUT2D eigenvalue weighted by Crippen LogP contribution is -2.38. The van der Waals surface area contributed by atoms with E-state index < -0.39 is 12.1 Å². The van der Waals surface area contributed by atoms with Crippen LogP contribution in [0.2, 0.25) is 0 Å². The van der Waals surface area contributed by atoms with Crippen molar-refractivity contribution >= 4 is 17.8 Å². The van der Waals surface area contributed by atoms with Crippen molar-refractivity contribution in [3.05, 3.63) is 17.5 Å². The van der Waals surface area contributed by atoms with E-state index in [0.717, 1.165) is 10.6 Å². The van der Waals surface area contributed by atoms with Crippen LogP contribution >= 0.6 is 0 Å². The van der Waals surface area contributed by atoms with Crippen molar-refractivity contribution in [2.75, 3.05) is 21.1 Å². The molecule has 1 fully saturated rings. The quantitative estimate of drug-likeness (QED) is 0.756. The summed E-state index contributed by atoms with van der Waals surface area (Å²) in [7, 11) is 4.56. The third-order valence-electron chi connectivity index (χ3n) is 4.03. The van der Waals surface area contributed by atoms with Gasteiger partial charge in [-0.3, -0.25) is 14.5 Å². The number of aromatic nitrogens is 1. The summed E-state index contributed by atoms with van der Waals surface area (Å²) < 4.78 is 5.21. The Morgan fingerprint density at radius 1 is 1.39 bits per heavy atom. The van der Waals surface area contributed by atoms with Crippen LogP contribution in [0.1, 0.15) is 37.6 Å². The highest BCUT2D eigenvalue weighted by Crippen LogP contribution is 2.19. The molecule has 0 N–H and O–H groups in total. The molecular weight excluding hydrogens is 300 g/mol. The first-order valence-corrected chi connectivity index (χ1v) is 7.46. The van der Waals surface area contributed by atoms with Crippen molar-refractivity contribution < 1.29 is 18.9 Å². The van der Waals surface area contributed by atoms with Gasteiger partial charge in [-0.25, -0.2) is 4.79 Å². The van der Waals surface area contributed by atoms with Gasteiger partial charge in [0.25, 0.3) is 5.91 Å². The maximum Gasteiger partial charge on any atom is 0.326 e. The van der Waals surface area contributed by atoms with Crippen LogP contribution in [0.3, 0.4) is 0 Å². The molecule has 8 nitrogen and oxygen atoms in total. The number of hydrogen-bond acceptors (Lipinski definition) is 5. The molecule has 126 valence electrons. The third-order valence-corrected chi connectivity index (χ3v) is 4.03. The molecule has 0 radical (unpaired) electrons. The van der Waals surface area contributed by atoms with Gasteiger partial charge in [-0.05, 0) is 5.92 Å². The number of likely N-dealkylation sites (N-methyl/N-ethyl adjacent to an activating group) is 2. The van der Waals surface area contributed by atoms with Gasteiger partial charge in [-0.2, -0.15) is 0 Å². The summed E-state index contributed by atoms with van der Waals surface area (Å²) >= 11 is 0. The second-order valence-electron chi connectivity index (χ2n) is 6.13. The van der Waals surface area contributed by atoms with Gasteiger partial charge >= 0.3 is 6.03 Å². The molecule has 0 spiro atoms. The van der Waals surface area contributed by atoms with Crippen molar-refractivity contribution in [2.24, 2.45) is 0 Å². The van der Waals surface area contributed by atoms with Crippen LogP contribution in [0.4, 0.5) is 4.79 Å². The Balaban J connectivity index is 1.97. The summed E-state index contributed by atoms with van der Waals surface area (Å²) in [5, 5.41) is 3.95. The number of amides is 4. The summed E-state index contributed by atoms with van der Waals surface area (Å²) in [6.07, 6.45) is -0.0485. The van der Waals surface area contributed by atoms with Gasteiger partial charge in [0.15, 0.2) is 5.76 Å². The largest absolute Gasteiger partial charge is 0.359 e. The van der Waals surface area contributed by atoms with Crippen LogP contribution in [-0.4, -0.2) is 64.9 Å². The van der Waals surface area contributed by atoms with E-state index >= 15 is 0 Å². The van der Waals surface area contributed by atoms with Crippen LogP contribution in [-0.2, 0) is 16.1 Å². The number of nitrogens with zero attached hydrogens (tertiary/aromatic N) is 4. The summed E-state index contributed by atoms with van der Waals surface area (Å²) in [6, 6.07) is 0.675. The fourth-order valence-corrected chi connectivity index (χ4v) is 2.40. The molecule has 1 aromatic rings. The lowest BCUT2D eigenvalue weighted by molar-refractivity contribution is -0.136. The van der Waals surface area contributed by atoms with E-state index in [1.165, 1.54) is 23.9 Å². The summed E-state index contributed by atoms with van der Waals surface area (Å²) in [6.45, 7) is 4.28. The minimum atomic E-state index is -0.747. The van der Waals surface area contributed by atoms with Crippen molar-refractivity contribution in [3.8, 4) is 0 Å². The zero-order chi connectivity index (χ0) is 17.3. The molecule has 8 heteroatoms. The first kappa shape index (κ1) is 17.0. The molecule has 2 heterocycles. The Hall–Kier alpha value is -2.38. The maximum absolute atomic E-state index is 12.3. The average molecular weight is 322 g/mol. The fourth-order valence-electron chi connectivity index (χ4n) is 2.40. The topological polar surface area (TPSA) is 87.0 Å². The fraction of sp³-hybridized carbons (Fsp3) is 0.600. The molecule has 23 heavy (non-hydrogen) atoms. The van der Waals surface area contributed by atoms with Gasteiger partial charge in [0.1, 0.15) is 6.04 Å². The van der Waals surface area contributed by atoms with Crippen molar-refractivity contribution in [1.29, 1.82) is 0 Å². The van der Waals surface area contributed by atoms with Crippen LogP contribution < -0.4 is 0 Å². The van der Waals surface area contributed by atoms with Gasteiger partial charge in [0.05, 0.1) is 18.7 Å². The molecule has 0 bridgehead atoms. The van der Waals surface area contributed by atoms with Gasteiger partial charge in [-0.1, -0.05) is 19.0 Å². The Morgan fingerprint density at radius 2 is 2.04 bits per heavy atom. The Labute approximate surface area is 135 Å². The average Bonchev–Trinajstić information content (AvgIpc) is 3.03. The molecule has 1 aromatic heterocycles. The highest BCUT2D eigenvalue weighted by Gasteiger charge is 2.42. The zero-order valence-electron chi connectivity index (χ0n) is 14.1. The van der Waals surface area contributed by atoms with E-state index in [-0.39, 0.29) is 30.7 Å². The van der Waals surface area contributed by atoms with Crippen molar-refractivity contribution in [3.63, 3.8) is 0 Å². The molecule has 1 aliphatic heterocycles. The number of urea groups is 1. The predicted octanol–water partition coefficient (Wildman–Crippen LogP) is 1.04. The first-order valence-electron chi connectivity index (χ1n) is 7.46. The maximum atomic E-state index is 12.3. The summed E-state index contributed by atoms with van der Waals surface area (Å²) in [4.78, 5) is 39.8. The first-order chi connectivity index (χ1) is 10.7. The monoisotopic (exact) mass is 322 g/mol. The van der Waals surface area contributed by atoms with Crippen LogP contribution in [0.5, 0.6) is 0 Å². The molecule has 1 aliphatic rings. The lowest BCUT2D eigenvalue weighted by Gasteiger charge is -2.20. The minimum Gasteiger partial charge on any atom is -0.359 e. The lowest BCUT2D eigenvalue weighted by atomic mass is 10.1. The zero-order valence-corrected chi connectivity index (χ0v) is 14.1. The van der Waals surface area contributed by atoms with Gasteiger partial charge < -0.3 is 14.3 Å². The standard InChI is InChI=1S/C15H22N4O4/c1-9(2)11-6-10(23-16-11)8-17(3)13(20)7-12-14(21)19(5)15(22)18(12)4/h6,9,12H,7-8H2,1-5H3/t12-/m0/s1. The Bertz CT molecular complexity index is 625. The van der Waals surface area contributed by atoms with Crippen LogP contribution in [0, 0.1) is 0 Å². The van der Waals surface area contributed by atoms with Gasteiger partial charge in [-0.15, -0.1) is 0 Å². The number of hydrogen-bond donors (Lipinski definition) is 0. The normalized spacial score (nSPS) is 18.3. The molecule has 0 unspecified atom stereocenters. The van der Waals surface area contributed by atoms with E-state index in [2.05, 4.69) is 5.16 Å². The Kier molecular flexibility index (Phi) is 4.72. The highest BCUT2D eigenvalue weighted by atomic mass is 16.5. The summed E-state index contributed by atoms with van der Waals surface area (Å²) in [5.74, 6) is 0.241. The molecule has 1 atom stereocenters. The number of imide groups is 1. The molecule has 1 saturated heterocycles. The second kappa shape index (κ2) is 6.39. The molecule has 2 rings (SSSR count).